The van der Waals surface area contributed by atoms with Gasteiger partial charge in [-0.3, -0.25) is 4.90 Å². The molecule has 0 aromatic rings. The van der Waals surface area contributed by atoms with Gasteiger partial charge in [0.15, 0.2) is 0 Å². The number of likely N-dealkylation sites (N-methyl/N-ethyl adjacent to an activating group) is 1. The van der Waals surface area contributed by atoms with Crippen LogP contribution in [0.1, 0.15) is 6.92 Å². The molecule has 1 fully saturated rings. The zero-order chi connectivity index (χ0) is 10.2. The fourth-order valence-electron chi connectivity index (χ4n) is 1.62. The minimum absolute atomic E-state index is 0. The average Bonchev–Trinajstić information content (AvgIpc) is 2.11. The number of rotatable bonds is 1. The lowest BCUT2D eigenvalue weighted by molar-refractivity contribution is -0.174. The van der Waals surface area contributed by atoms with Gasteiger partial charge in [-0.05, 0) is 14.0 Å². The van der Waals surface area contributed by atoms with Crippen LogP contribution in [0.2, 0.25) is 0 Å². The number of hydrogen-bond acceptors (Lipinski definition) is 5. The van der Waals surface area contributed by atoms with Crippen molar-refractivity contribution < 1.29 is 20.4 Å². The van der Waals surface area contributed by atoms with E-state index in [1.807, 2.05) is 0 Å². The minimum Gasteiger partial charge on any atom is -0.394 e. The molecule has 0 radical (unpaired) electrons. The van der Waals surface area contributed by atoms with Crippen LogP contribution in [0, 0.1) is 0 Å². The Bertz CT molecular complexity index is 194. The van der Waals surface area contributed by atoms with E-state index in [0.717, 1.165) is 0 Å². The van der Waals surface area contributed by atoms with Crippen LogP contribution in [0.5, 0.6) is 0 Å². The number of aliphatic hydroxyl groups excluding tert-OH is 4. The second-order valence-corrected chi connectivity index (χ2v) is 3.90. The van der Waals surface area contributed by atoms with Gasteiger partial charge in [-0.2, -0.15) is 0 Å². The van der Waals surface area contributed by atoms with Gasteiger partial charge in [0.05, 0.1) is 18.2 Å². The number of halogens is 1. The van der Waals surface area contributed by atoms with Crippen LogP contribution >= 0.6 is 24.0 Å². The fourth-order valence-corrected chi connectivity index (χ4v) is 1.62. The van der Waals surface area contributed by atoms with Crippen molar-refractivity contribution in [1.82, 2.24) is 4.90 Å². The fraction of sp³-hybridized carbons (Fsp3) is 1.00. The number of piperidine rings is 1. The maximum Gasteiger partial charge on any atom is 0.109 e. The van der Waals surface area contributed by atoms with E-state index in [-0.39, 0.29) is 37.1 Å². The number of nitrogens with zero attached hydrogens (tertiary/aromatic N) is 1. The molecule has 0 bridgehead atoms. The Morgan fingerprint density at radius 3 is 2.29 bits per heavy atom. The summed E-state index contributed by atoms with van der Waals surface area (Å²) in [4.78, 5) is 1.65. The summed E-state index contributed by atoms with van der Waals surface area (Å²) < 4.78 is 0. The lowest BCUT2D eigenvalue weighted by atomic mass is 9.83. The summed E-state index contributed by atoms with van der Waals surface area (Å²) in [6.45, 7) is 1.64. The van der Waals surface area contributed by atoms with Gasteiger partial charge in [0.25, 0.3) is 0 Å². The summed E-state index contributed by atoms with van der Waals surface area (Å²) in [5.41, 5.74) is -0.876. The van der Waals surface area contributed by atoms with Gasteiger partial charge in [-0.25, -0.2) is 0 Å². The average molecular weight is 319 g/mol. The molecule has 0 aromatic carbocycles. The van der Waals surface area contributed by atoms with Crippen LogP contribution in [0.3, 0.4) is 0 Å². The van der Waals surface area contributed by atoms with Crippen LogP contribution < -0.4 is 0 Å². The van der Waals surface area contributed by atoms with Gasteiger partial charge in [0, 0.05) is 6.54 Å². The molecule has 1 aliphatic heterocycles. The molecule has 4 atom stereocenters. The summed E-state index contributed by atoms with van der Waals surface area (Å²) in [6, 6.07) is 0. The van der Waals surface area contributed by atoms with E-state index in [0.29, 0.717) is 0 Å². The van der Waals surface area contributed by atoms with Gasteiger partial charge in [-0.15, -0.1) is 24.0 Å². The monoisotopic (exact) mass is 319 g/mol. The molecule has 86 valence electrons. The molecule has 5 nitrogen and oxygen atoms in total. The van der Waals surface area contributed by atoms with Gasteiger partial charge >= 0.3 is 0 Å². The highest BCUT2D eigenvalue weighted by atomic mass is 127. The maximum absolute atomic E-state index is 9.63. The molecular formula is C8H18INO4. The molecule has 0 amide bonds. The lowest BCUT2D eigenvalue weighted by Crippen LogP contribution is -2.68. The van der Waals surface area contributed by atoms with Crippen molar-refractivity contribution in [2.24, 2.45) is 0 Å². The molecule has 0 aromatic heterocycles. The number of aliphatic hydroxyl groups is 4. The first-order valence-electron chi connectivity index (χ1n) is 4.30. The molecule has 1 heterocycles. The Kier molecular flexibility index (Phi) is 5.23. The molecule has 0 spiro atoms. The third-order valence-corrected chi connectivity index (χ3v) is 3.01. The van der Waals surface area contributed by atoms with Crippen molar-refractivity contribution in [1.29, 1.82) is 0 Å². The smallest absolute Gasteiger partial charge is 0.109 e. The van der Waals surface area contributed by atoms with Gasteiger partial charge < -0.3 is 20.4 Å². The molecule has 1 rings (SSSR count). The van der Waals surface area contributed by atoms with Gasteiger partial charge in [-0.1, -0.05) is 0 Å². The highest BCUT2D eigenvalue weighted by molar-refractivity contribution is 14.0. The van der Waals surface area contributed by atoms with Crippen molar-refractivity contribution in [3.63, 3.8) is 0 Å². The van der Waals surface area contributed by atoms with Crippen molar-refractivity contribution in [3.05, 3.63) is 0 Å². The lowest BCUT2D eigenvalue weighted by Gasteiger charge is -2.48. The van der Waals surface area contributed by atoms with E-state index in [4.69, 9.17) is 5.11 Å². The summed E-state index contributed by atoms with van der Waals surface area (Å²) in [7, 11) is 1.69. The first-order valence-corrected chi connectivity index (χ1v) is 4.30. The SMILES string of the molecule is CN1CC(O)C(O)C(O)C1(C)CO.I. The number of hydrogen-bond donors (Lipinski definition) is 4. The van der Waals surface area contributed by atoms with Crippen molar-refractivity contribution in [2.45, 2.75) is 30.8 Å². The zero-order valence-electron chi connectivity index (χ0n) is 8.29. The van der Waals surface area contributed by atoms with Crippen LogP contribution in [-0.4, -0.2) is 69.4 Å². The molecule has 14 heavy (non-hydrogen) atoms. The quantitative estimate of drug-likeness (QED) is 0.437. The molecule has 6 heteroatoms. The molecular weight excluding hydrogens is 301 g/mol. The highest BCUT2D eigenvalue weighted by Gasteiger charge is 2.47. The number of β-amino-alcohol motifs (C(OH)–C–C–N with tert-alkyl or cyclic N) is 1. The third-order valence-electron chi connectivity index (χ3n) is 3.01. The van der Waals surface area contributed by atoms with E-state index in [9.17, 15) is 15.3 Å². The largest absolute Gasteiger partial charge is 0.394 e. The Hall–Kier alpha value is 0.530. The van der Waals surface area contributed by atoms with Crippen molar-refractivity contribution in [3.8, 4) is 0 Å². The minimum atomic E-state index is -1.19. The molecule has 4 unspecified atom stereocenters. The van der Waals surface area contributed by atoms with Crippen molar-refractivity contribution >= 4 is 24.0 Å². The Balaban J connectivity index is 0.00000169. The van der Waals surface area contributed by atoms with E-state index in [1.165, 1.54) is 0 Å². The summed E-state index contributed by atoms with van der Waals surface area (Å²) in [6.07, 6.45) is -3.28. The van der Waals surface area contributed by atoms with Crippen LogP contribution in [0.15, 0.2) is 0 Å². The normalized spacial score (nSPS) is 44.6. The van der Waals surface area contributed by atoms with Crippen LogP contribution in [0.25, 0.3) is 0 Å². The summed E-state index contributed by atoms with van der Waals surface area (Å²) in [5, 5.41) is 37.4. The topological polar surface area (TPSA) is 84.2 Å². The Labute approximate surface area is 100 Å². The first kappa shape index (κ1) is 14.5. The molecule has 0 aliphatic carbocycles. The Morgan fingerprint density at radius 2 is 1.86 bits per heavy atom. The van der Waals surface area contributed by atoms with Crippen molar-refractivity contribution in [2.75, 3.05) is 20.2 Å². The van der Waals surface area contributed by atoms with Crippen LogP contribution in [0.4, 0.5) is 0 Å². The van der Waals surface area contributed by atoms with E-state index >= 15 is 0 Å². The van der Waals surface area contributed by atoms with Gasteiger partial charge in [0.2, 0.25) is 0 Å². The molecule has 4 N–H and O–H groups in total. The predicted octanol–water partition coefficient (Wildman–Crippen LogP) is -1.62. The second-order valence-electron chi connectivity index (χ2n) is 3.90. The summed E-state index contributed by atoms with van der Waals surface area (Å²) >= 11 is 0. The highest BCUT2D eigenvalue weighted by Crippen LogP contribution is 2.26. The molecule has 0 saturated carbocycles. The van der Waals surface area contributed by atoms with E-state index < -0.39 is 23.9 Å². The van der Waals surface area contributed by atoms with E-state index in [1.54, 1.807) is 18.9 Å². The number of likely N-dealkylation sites (tertiary alicyclic amines) is 1. The van der Waals surface area contributed by atoms with Gasteiger partial charge in [0.1, 0.15) is 12.2 Å². The zero-order valence-corrected chi connectivity index (χ0v) is 10.6. The predicted molar refractivity (Wildman–Crippen MR) is 61.6 cm³/mol. The Morgan fingerprint density at radius 1 is 1.36 bits per heavy atom. The summed E-state index contributed by atoms with van der Waals surface area (Å²) in [5.74, 6) is 0. The molecule has 1 aliphatic rings. The second kappa shape index (κ2) is 5.04. The van der Waals surface area contributed by atoms with Crippen LogP contribution in [-0.2, 0) is 0 Å². The molecule has 1 saturated heterocycles. The standard InChI is InChI=1S/C8H17NO4.HI/c1-8(4-10)7(13)6(12)5(11)3-9(8)2;/h5-7,10-13H,3-4H2,1-2H3;1H. The first-order chi connectivity index (χ1) is 5.93. The van der Waals surface area contributed by atoms with E-state index in [2.05, 4.69) is 0 Å². The maximum atomic E-state index is 9.63. The third kappa shape index (κ3) is 2.20.